The summed E-state index contributed by atoms with van der Waals surface area (Å²) >= 11 is 0. The maximum absolute atomic E-state index is 12.8. The fraction of sp³-hybridized carbons (Fsp3) is 0.429. The van der Waals surface area contributed by atoms with Crippen LogP contribution in [0.5, 0.6) is 0 Å². The van der Waals surface area contributed by atoms with E-state index >= 15 is 0 Å². The van der Waals surface area contributed by atoms with Crippen LogP contribution in [0.4, 0.5) is 5.82 Å². The van der Waals surface area contributed by atoms with Crippen LogP contribution in [0.1, 0.15) is 38.1 Å². The third-order valence-electron chi connectivity index (χ3n) is 4.70. The van der Waals surface area contributed by atoms with Gasteiger partial charge in [-0.3, -0.25) is 9.59 Å². The highest BCUT2D eigenvalue weighted by molar-refractivity contribution is 7.89. The van der Waals surface area contributed by atoms with Gasteiger partial charge in [-0.25, -0.2) is 13.2 Å². The molecule has 0 radical (unpaired) electrons. The highest BCUT2D eigenvalue weighted by atomic mass is 32.2. The van der Waals surface area contributed by atoms with E-state index in [0.29, 0.717) is 13.1 Å². The Morgan fingerprint density at radius 3 is 2.42 bits per heavy atom. The quantitative estimate of drug-likeness (QED) is 0.461. The van der Waals surface area contributed by atoms with Crippen LogP contribution >= 0.6 is 0 Å². The van der Waals surface area contributed by atoms with Crippen LogP contribution in [0, 0.1) is 5.92 Å². The second kappa shape index (κ2) is 11.6. The van der Waals surface area contributed by atoms with Gasteiger partial charge < -0.3 is 19.9 Å². The molecule has 0 aliphatic rings. The number of benzene rings is 1. The largest absolute Gasteiger partial charge is 0.454 e. The number of nitrogens with one attached hydrogen (secondary N) is 2. The predicted molar refractivity (Wildman–Crippen MR) is 119 cm³/mol. The maximum atomic E-state index is 12.8. The number of anilines is 1. The van der Waals surface area contributed by atoms with Gasteiger partial charge in [0, 0.05) is 24.7 Å². The summed E-state index contributed by atoms with van der Waals surface area (Å²) in [4.78, 5) is 37.1. The Morgan fingerprint density at radius 2 is 1.85 bits per heavy atom. The second-order valence-corrected chi connectivity index (χ2v) is 9.29. The van der Waals surface area contributed by atoms with E-state index in [9.17, 15) is 22.8 Å². The van der Waals surface area contributed by atoms with Crippen molar-refractivity contribution in [1.82, 2.24) is 14.8 Å². The monoisotopic (exact) mass is 480 g/mol. The number of nitrogens with zero attached hydrogens (tertiary/aromatic N) is 2. The smallest absolute Gasteiger partial charge is 0.329 e. The molecule has 0 bridgehead atoms. The molecule has 11 nitrogen and oxygen atoms in total. The average molecular weight is 481 g/mol. The van der Waals surface area contributed by atoms with Crippen LogP contribution in [-0.2, 0) is 24.3 Å². The number of ether oxygens (including phenoxy) is 1. The van der Waals surface area contributed by atoms with E-state index < -0.39 is 40.5 Å². The summed E-state index contributed by atoms with van der Waals surface area (Å²) in [5.41, 5.74) is 0.0745. The zero-order valence-electron chi connectivity index (χ0n) is 18.9. The van der Waals surface area contributed by atoms with Gasteiger partial charge in [0.2, 0.25) is 10.0 Å². The van der Waals surface area contributed by atoms with Crippen LogP contribution in [0.25, 0.3) is 0 Å². The Labute approximate surface area is 192 Å². The zero-order chi connectivity index (χ0) is 24.6. The molecule has 1 aromatic heterocycles. The first-order chi connectivity index (χ1) is 15.6. The molecule has 1 aromatic carbocycles. The molecule has 0 aliphatic carbocycles. The molecule has 0 saturated heterocycles. The molecule has 12 heteroatoms. The van der Waals surface area contributed by atoms with E-state index in [2.05, 4.69) is 20.3 Å². The summed E-state index contributed by atoms with van der Waals surface area (Å²) in [6, 6.07) is 5.95. The number of rotatable bonds is 11. The Kier molecular flexibility index (Phi) is 9.12. The van der Waals surface area contributed by atoms with Crippen molar-refractivity contribution in [2.24, 2.45) is 5.92 Å². The van der Waals surface area contributed by atoms with E-state index in [1.165, 1.54) is 40.9 Å². The predicted octanol–water partition coefficient (Wildman–Crippen LogP) is 1.64. The SMILES string of the molecule is CCN(CC)S(=O)(=O)c1cccc(C(=O)N[C@H](C(=O)OCC(=O)Nc2ccon2)C(C)C)c1. The number of hydrogen-bond acceptors (Lipinski definition) is 8. The van der Waals surface area contributed by atoms with Crippen molar-refractivity contribution in [3.63, 3.8) is 0 Å². The summed E-state index contributed by atoms with van der Waals surface area (Å²) < 4.78 is 36.4. The fourth-order valence-corrected chi connectivity index (χ4v) is 4.42. The van der Waals surface area contributed by atoms with E-state index in [1.54, 1.807) is 27.7 Å². The Hall–Kier alpha value is -3.25. The van der Waals surface area contributed by atoms with Gasteiger partial charge in [-0.05, 0) is 24.1 Å². The summed E-state index contributed by atoms with van der Waals surface area (Å²) in [7, 11) is -3.75. The fourth-order valence-electron chi connectivity index (χ4n) is 2.92. The molecule has 2 rings (SSSR count). The number of hydrogen-bond donors (Lipinski definition) is 2. The topological polar surface area (TPSA) is 148 Å². The normalized spacial score (nSPS) is 12.4. The van der Waals surface area contributed by atoms with Crippen molar-refractivity contribution in [3.05, 3.63) is 42.2 Å². The summed E-state index contributed by atoms with van der Waals surface area (Å²) in [5, 5.41) is 8.45. The molecule has 2 aromatic rings. The maximum Gasteiger partial charge on any atom is 0.329 e. The molecular weight excluding hydrogens is 452 g/mol. The van der Waals surface area contributed by atoms with Gasteiger partial charge >= 0.3 is 5.97 Å². The Morgan fingerprint density at radius 1 is 1.15 bits per heavy atom. The lowest BCUT2D eigenvalue weighted by atomic mass is 10.0. The van der Waals surface area contributed by atoms with E-state index in [4.69, 9.17) is 4.74 Å². The van der Waals surface area contributed by atoms with Crippen molar-refractivity contribution in [1.29, 1.82) is 0 Å². The molecule has 2 N–H and O–H groups in total. The zero-order valence-corrected chi connectivity index (χ0v) is 19.7. The number of aromatic nitrogens is 1. The average Bonchev–Trinajstić information content (AvgIpc) is 3.29. The number of carbonyl (C=O) groups excluding carboxylic acids is 3. The van der Waals surface area contributed by atoms with Gasteiger partial charge in [-0.2, -0.15) is 4.31 Å². The van der Waals surface area contributed by atoms with Crippen molar-refractivity contribution in [2.75, 3.05) is 25.0 Å². The molecule has 0 aliphatic heterocycles. The van der Waals surface area contributed by atoms with Crippen molar-refractivity contribution in [3.8, 4) is 0 Å². The van der Waals surface area contributed by atoms with Crippen molar-refractivity contribution < 1.29 is 32.1 Å². The molecule has 2 amide bonds. The first-order valence-electron chi connectivity index (χ1n) is 10.4. The van der Waals surface area contributed by atoms with Gasteiger partial charge in [0.15, 0.2) is 12.4 Å². The first-order valence-corrected chi connectivity index (χ1v) is 11.8. The highest BCUT2D eigenvalue weighted by Gasteiger charge is 2.28. The summed E-state index contributed by atoms with van der Waals surface area (Å²) in [6.07, 6.45) is 1.27. The Bertz CT molecular complexity index is 1060. The van der Waals surface area contributed by atoms with Crippen LogP contribution < -0.4 is 10.6 Å². The lowest BCUT2D eigenvalue weighted by Gasteiger charge is -2.21. The van der Waals surface area contributed by atoms with Gasteiger partial charge in [-0.1, -0.05) is 38.9 Å². The molecule has 33 heavy (non-hydrogen) atoms. The Balaban J connectivity index is 2.07. The van der Waals surface area contributed by atoms with Gasteiger partial charge in [-0.15, -0.1) is 0 Å². The minimum absolute atomic E-state index is 0.0212. The summed E-state index contributed by atoms with van der Waals surface area (Å²) in [5.74, 6) is -2.26. The highest BCUT2D eigenvalue weighted by Crippen LogP contribution is 2.17. The third kappa shape index (κ3) is 6.86. The van der Waals surface area contributed by atoms with E-state index in [1.807, 2.05) is 0 Å². The molecule has 180 valence electrons. The number of amides is 2. The number of sulfonamides is 1. The van der Waals surface area contributed by atoms with Gasteiger partial charge in [0.1, 0.15) is 12.3 Å². The van der Waals surface area contributed by atoms with Crippen molar-refractivity contribution in [2.45, 2.75) is 38.6 Å². The third-order valence-corrected chi connectivity index (χ3v) is 6.74. The second-order valence-electron chi connectivity index (χ2n) is 7.35. The van der Waals surface area contributed by atoms with E-state index in [0.717, 1.165) is 0 Å². The van der Waals surface area contributed by atoms with Gasteiger partial charge in [0.25, 0.3) is 11.8 Å². The molecule has 0 spiro atoms. The molecule has 1 heterocycles. The molecule has 0 unspecified atom stereocenters. The van der Waals surface area contributed by atoms with Crippen LogP contribution in [0.3, 0.4) is 0 Å². The van der Waals surface area contributed by atoms with E-state index in [-0.39, 0.29) is 22.2 Å². The van der Waals surface area contributed by atoms with Crippen LogP contribution in [0.15, 0.2) is 46.0 Å². The number of esters is 1. The number of carbonyl (C=O) groups is 3. The van der Waals surface area contributed by atoms with Crippen LogP contribution in [0.2, 0.25) is 0 Å². The molecule has 1 atom stereocenters. The minimum atomic E-state index is -3.75. The first kappa shape index (κ1) is 26.0. The summed E-state index contributed by atoms with van der Waals surface area (Å²) in [6.45, 7) is 6.85. The lowest BCUT2D eigenvalue weighted by Crippen LogP contribution is -2.46. The lowest BCUT2D eigenvalue weighted by molar-refractivity contribution is -0.150. The van der Waals surface area contributed by atoms with Crippen LogP contribution in [-0.4, -0.2) is 61.4 Å². The van der Waals surface area contributed by atoms with Crippen molar-refractivity contribution >= 4 is 33.6 Å². The van der Waals surface area contributed by atoms with Gasteiger partial charge in [0.05, 0.1) is 4.90 Å². The molecule has 0 saturated carbocycles. The minimum Gasteiger partial charge on any atom is -0.454 e. The standard InChI is InChI=1S/C21H28N4O7S/c1-5-25(6-2)33(29,30)16-9-7-8-15(12-16)20(27)23-19(14(3)4)21(28)31-13-18(26)22-17-10-11-32-24-17/h7-12,14,19H,5-6,13H2,1-4H3,(H,23,27)(H,22,24,26)/t19-/m0/s1. The molecule has 0 fully saturated rings. The molecular formula is C21H28N4O7S.